The molecule has 0 radical (unpaired) electrons. The summed E-state index contributed by atoms with van der Waals surface area (Å²) >= 11 is 0. The Kier molecular flexibility index (Phi) is 6.70. The molecular weight excluding hydrogens is 313 g/mol. The summed E-state index contributed by atoms with van der Waals surface area (Å²) in [5, 5.41) is 0. The Bertz CT molecular complexity index is 438. The van der Waals surface area contributed by atoms with E-state index in [0.717, 1.165) is 38.5 Å². The summed E-state index contributed by atoms with van der Waals surface area (Å²) in [5.74, 6) is 0.237. The number of rotatable bonds is 6. The van der Waals surface area contributed by atoms with Gasteiger partial charge >= 0.3 is 5.97 Å². The first kappa shape index (κ1) is 19.0. The SMILES string of the molecule is COC(=O)C(CC1CCCCC1)(CP(N)(=O)O)C1CCCCC1. The van der Waals surface area contributed by atoms with Crippen molar-refractivity contribution in [2.24, 2.45) is 22.8 Å². The van der Waals surface area contributed by atoms with Crippen molar-refractivity contribution in [3.05, 3.63) is 0 Å². The van der Waals surface area contributed by atoms with E-state index in [-0.39, 0.29) is 18.0 Å². The molecule has 0 aromatic rings. The van der Waals surface area contributed by atoms with Crippen LogP contribution in [0.1, 0.15) is 70.6 Å². The molecule has 2 fully saturated rings. The van der Waals surface area contributed by atoms with Crippen LogP contribution < -0.4 is 5.50 Å². The van der Waals surface area contributed by atoms with E-state index in [2.05, 4.69) is 0 Å². The summed E-state index contributed by atoms with van der Waals surface area (Å²) in [6.07, 6.45) is 11.6. The Balaban J connectivity index is 2.30. The molecule has 0 aromatic heterocycles. The molecule has 5 nitrogen and oxygen atoms in total. The molecule has 2 aliphatic carbocycles. The molecule has 2 saturated carbocycles. The zero-order chi connectivity index (χ0) is 16.9. The minimum atomic E-state index is -3.79. The molecule has 0 heterocycles. The van der Waals surface area contributed by atoms with Crippen LogP contribution in [0.3, 0.4) is 0 Å². The van der Waals surface area contributed by atoms with Crippen molar-refractivity contribution >= 4 is 13.5 Å². The maximum Gasteiger partial charge on any atom is 0.312 e. The van der Waals surface area contributed by atoms with Crippen molar-refractivity contribution in [2.75, 3.05) is 13.3 Å². The van der Waals surface area contributed by atoms with E-state index in [1.165, 1.54) is 32.8 Å². The van der Waals surface area contributed by atoms with Gasteiger partial charge in [-0.15, -0.1) is 0 Å². The maximum atomic E-state index is 12.8. The van der Waals surface area contributed by atoms with E-state index < -0.39 is 12.9 Å². The van der Waals surface area contributed by atoms with Crippen LogP contribution in [-0.2, 0) is 14.1 Å². The number of nitrogens with two attached hydrogens (primary N) is 1. The lowest BCUT2D eigenvalue weighted by atomic mass is 9.64. The highest BCUT2D eigenvalue weighted by atomic mass is 31.2. The van der Waals surface area contributed by atoms with Gasteiger partial charge in [0.05, 0.1) is 18.7 Å². The lowest BCUT2D eigenvalue weighted by molar-refractivity contribution is -0.157. The van der Waals surface area contributed by atoms with Gasteiger partial charge in [0, 0.05) is 0 Å². The number of hydrogen-bond donors (Lipinski definition) is 2. The number of methoxy groups -OCH3 is 1. The number of ether oxygens (including phenoxy) is 1. The average molecular weight is 345 g/mol. The van der Waals surface area contributed by atoms with E-state index in [0.29, 0.717) is 12.3 Å². The molecule has 0 aromatic carbocycles. The Hall–Kier alpha value is -0.380. The van der Waals surface area contributed by atoms with Gasteiger partial charge in [-0.05, 0) is 31.1 Å². The topological polar surface area (TPSA) is 89.6 Å². The van der Waals surface area contributed by atoms with Crippen molar-refractivity contribution in [1.82, 2.24) is 0 Å². The van der Waals surface area contributed by atoms with E-state index in [4.69, 9.17) is 10.2 Å². The summed E-state index contributed by atoms with van der Waals surface area (Å²) in [5.41, 5.74) is 4.65. The van der Waals surface area contributed by atoms with Crippen molar-refractivity contribution in [3.63, 3.8) is 0 Å². The van der Waals surface area contributed by atoms with Gasteiger partial charge in [-0.1, -0.05) is 51.4 Å². The molecule has 134 valence electrons. The first-order valence-corrected chi connectivity index (χ1v) is 11.0. The Labute approximate surface area is 139 Å². The quantitative estimate of drug-likeness (QED) is 0.564. The van der Waals surface area contributed by atoms with Crippen molar-refractivity contribution in [1.29, 1.82) is 0 Å². The molecule has 0 bridgehead atoms. The molecule has 0 amide bonds. The van der Waals surface area contributed by atoms with Crippen LogP contribution >= 0.6 is 7.52 Å². The minimum absolute atomic E-state index is 0.120. The lowest BCUT2D eigenvalue weighted by Gasteiger charge is -2.43. The fraction of sp³-hybridized carbons (Fsp3) is 0.941. The zero-order valence-electron chi connectivity index (χ0n) is 14.3. The fourth-order valence-corrected chi connectivity index (χ4v) is 6.17. The third-order valence-electron chi connectivity index (χ3n) is 5.86. The molecule has 2 aliphatic rings. The monoisotopic (exact) mass is 345 g/mol. The van der Waals surface area contributed by atoms with E-state index >= 15 is 0 Å². The second-order valence-corrected chi connectivity index (χ2v) is 9.43. The molecule has 23 heavy (non-hydrogen) atoms. The van der Waals surface area contributed by atoms with Crippen LogP contribution in [0.25, 0.3) is 0 Å². The summed E-state index contributed by atoms with van der Waals surface area (Å²) in [6.45, 7) is 0. The molecule has 2 atom stereocenters. The molecule has 3 N–H and O–H groups in total. The second-order valence-electron chi connectivity index (χ2n) is 7.60. The normalized spacial score (nSPS) is 26.2. The zero-order valence-corrected chi connectivity index (χ0v) is 15.2. The van der Waals surface area contributed by atoms with E-state index in [1.54, 1.807) is 0 Å². The highest BCUT2D eigenvalue weighted by molar-refractivity contribution is 7.55. The summed E-state index contributed by atoms with van der Waals surface area (Å²) in [7, 11) is -2.40. The lowest BCUT2D eigenvalue weighted by Crippen LogP contribution is -2.46. The predicted octanol–water partition coefficient (Wildman–Crippen LogP) is 3.84. The Morgan fingerprint density at radius 3 is 2.13 bits per heavy atom. The molecule has 0 spiro atoms. The average Bonchev–Trinajstić information content (AvgIpc) is 2.54. The minimum Gasteiger partial charge on any atom is -0.469 e. The molecule has 0 saturated heterocycles. The van der Waals surface area contributed by atoms with Gasteiger partial charge < -0.3 is 9.63 Å². The highest BCUT2D eigenvalue weighted by Crippen LogP contribution is 2.52. The number of carbonyl (C=O) groups is 1. The summed E-state index contributed by atoms with van der Waals surface area (Å²) in [4.78, 5) is 22.7. The van der Waals surface area contributed by atoms with Gasteiger partial charge in [0.1, 0.15) is 0 Å². The molecule has 2 unspecified atom stereocenters. The molecule has 0 aliphatic heterocycles. The van der Waals surface area contributed by atoms with Gasteiger partial charge in [0.2, 0.25) is 0 Å². The Morgan fingerprint density at radius 2 is 1.65 bits per heavy atom. The van der Waals surface area contributed by atoms with Crippen LogP contribution in [0.5, 0.6) is 0 Å². The molecule has 6 heteroatoms. The smallest absolute Gasteiger partial charge is 0.312 e. The number of hydrogen-bond acceptors (Lipinski definition) is 3. The first-order valence-electron chi connectivity index (χ1n) is 9.06. The van der Waals surface area contributed by atoms with Crippen molar-refractivity contribution in [3.8, 4) is 0 Å². The molecule has 2 rings (SSSR count). The number of carbonyl (C=O) groups excluding carboxylic acids is 1. The van der Waals surface area contributed by atoms with Gasteiger partial charge in [-0.3, -0.25) is 14.9 Å². The van der Waals surface area contributed by atoms with Crippen LogP contribution in [-0.4, -0.2) is 24.1 Å². The van der Waals surface area contributed by atoms with Crippen molar-refractivity contribution in [2.45, 2.75) is 70.6 Å². The van der Waals surface area contributed by atoms with E-state index in [9.17, 15) is 14.3 Å². The second kappa shape index (κ2) is 8.13. The third kappa shape index (κ3) is 5.04. The maximum absolute atomic E-state index is 12.8. The van der Waals surface area contributed by atoms with Crippen LogP contribution in [0.4, 0.5) is 0 Å². The van der Waals surface area contributed by atoms with Gasteiger partial charge in [-0.2, -0.15) is 0 Å². The predicted molar refractivity (Wildman–Crippen MR) is 91.1 cm³/mol. The largest absolute Gasteiger partial charge is 0.469 e. The van der Waals surface area contributed by atoms with Crippen LogP contribution in [0.15, 0.2) is 0 Å². The Morgan fingerprint density at radius 1 is 1.13 bits per heavy atom. The van der Waals surface area contributed by atoms with Gasteiger partial charge in [0.15, 0.2) is 0 Å². The van der Waals surface area contributed by atoms with Crippen LogP contribution in [0.2, 0.25) is 0 Å². The number of esters is 1. The highest BCUT2D eigenvalue weighted by Gasteiger charge is 2.51. The fourth-order valence-electron chi connectivity index (χ4n) is 4.84. The first-order chi connectivity index (χ1) is 10.9. The third-order valence-corrected chi connectivity index (χ3v) is 6.88. The van der Waals surface area contributed by atoms with E-state index in [1.807, 2.05) is 0 Å². The standard InChI is InChI=1S/C17H32NO4P/c1-22-16(19)17(13-23(18,20)21,15-10-6-3-7-11-15)12-14-8-4-2-5-9-14/h14-15H,2-13H2,1H3,(H3,18,20,21). The van der Waals surface area contributed by atoms with Crippen molar-refractivity contribution < 1.29 is 19.0 Å². The van der Waals surface area contributed by atoms with Gasteiger partial charge in [0.25, 0.3) is 7.52 Å². The van der Waals surface area contributed by atoms with Gasteiger partial charge in [-0.25, -0.2) is 0 Å². The van der Waals surface area contributed by atoms with Crippen LogP contribution in [0, 0.1) is 17.3 Å². The summed E-state index contributed by atoms with van der Waals surface area (Å²) < 4.78 is 17.2. The molecular formula is C17H32NO4P. The summed E-state index contributed by atoms with van der Waals surface area (Å²) in [6, 6.07) is 0.